The molecule has 1 saturated heterocycles. The van der Waals surface area contributed by atoms with Gasteiger partial charge in [0.1, 0.15) is 5.75 Å². The van der Waals surface area contributed by atoms with Crippen molar-refractivity contribution in [2.75, 3.05) is 14.2 Å². The SMILES string of the molecule is COc1ccc(CNC2CCC(=O)N(C)C2=O)cc1Cl. The monoisotopic (exact) mass is 296 g/mol. The number of hydrogen-bond acceptors (Lipinski definition) is 4. The maximum atomic E-state index is 11.9. The average molecular weight is 297 g/mol. The Morgan fingerprint density at radius 2 is 2.20 bits per heavy atom. The fourth-order valence-electron chi connectivity index (χ4n) is 2.17. The molecule has 0 aromatic heterocycles. The Morgan fingerprint density at radius 1 is 1.45 bits per heavy atom. The van der Waals surface area contributed by atoms with Crippen molar-refractivity contribution < 1.29 is 14.3 Å². The minimum absolute atomic E-state index is 0.124. The maximum absolute atomic E-state index is 11.9. The Bertz CT molecular complexity index is 533. The highest BCUT2D eigenvalue weighted by Crippen LogP contribution is 2.25. The van der Waals surface area contributed by atoms with E-state index in [4.69, 9.17) is 16.3 Å². The van der Waals surface area contributed by atoms with Gasteiger partial charge in [-0.05, 0) is 24.1 Å². The molecule has 0 spiro atoms. The Labute approximate surface area is 122 Å². The quantitative estimate of drug-likeness (QED) is 0.857. The lowest BCUT2D eigenvalue weighted by atomic mass is 10.0. The first-order chi connectivity index (χ1) is 9.52. The third-order valence-corrected chi connectivity index (χ3v) is 3.71. The number of likely N-dealkylation sites (N-methyl/N-ethyl adjacent to an activating group) is 1. The summed E-state index contributed by atoms with van der Waals surface area (Å²) in [6, 6.07) is 5.16. The van der Waals surface area contributed by atoms with Gasteiger partial charge in [-0.15, -0.1) is 0 Å². The number of amides is 2. The van der Waals surface area contributed by atoms with E-state index >= 15 is 0 Å². The lowest BCUT2D eigenvalue weighted by Crippen LogP contribution is -2.51. The smallest absolute Gasteiger partial charge is 0.246 e. The van der Waals surface area contributed by atoms with Gasteiger partial charge in [-0.25, -0.2) is 0 Å². The molecule has 2 amide bonds. The number of halogens is 1. The summed E-state index contributed by atoms with van der Waals surface area (Å²) >= 11 is 6.05. The summed E-state index contributed by atoms with van der Waals surface area (Å²) < 4.78 is 5.09. The van der Waals surface area contributed by atoms with E-state index < -0.39 is 0 Å². The van der Waals surface area contributed by atoms with Crippen LogP contribution in [0.2, 0.25) is 5.02 Å². The van der Waals surface area contributed by atoms with Crippen molar-refractivity contribution in [2.45, 2.75) is 25.4 Å². The van der Waals surface area contributed by atoms with E-state index in [1.54, 1.807) is 19.2 Å². The predicted octanol–water partition coefficient (Wildman–Crippen LogP) is 1.59. The van der Waals surface area contributed by atoms with Gasteiger partial charge >= 0.3 is 0 Å². The molecule has 0 saturated carbocycles. The fourth-order valence-corrected chi connectivity index (χ4v) is 2.45. The molecule has 5 nitrogen and oxygen atoms in total. The van der Waals surface area contributed by atoms with Crippen molar-refractivity contribution >= 4 is 23.4 Å². The summed E-state index contributed by atoms with van der Waals surface area (Å²) in [5.74, 6) is 0.316. The third kappa shape index (κ3) is 3.11. The van der Waals surface area contributed by atoms with Crippen LogP contribution in [0.25, 0.3) is 0 Å². The fraction of sp³-hybridized carbons (Fsp3) is 0.429. The molecule has 1 aliphatic rings. The van der Waals surface area contributed by atoms with E-state index in [0.717, 1.165) is 5.56 Å². The van der Waals surface area contributed by atoms with E-state index in [1.807, 2.05) is 6.07 Å². The molecule has 1 fully saturated rings. The molecule has 0 bridgehead atoms. The molecule has 1 aromatic carbocycles. The number of benzene rings is 1. The second kappa shape index (κ2) is 6.24. The lowest BCUT2D eigenvalue weighted by molar-refractivity contribution is -0.148. The number of rotatable bonds is 4. The van der Waals surface area contributed by atoms with Crippen molar-refractivity contribution in [1.82, 2.24) is 10.2 Å². The van der Waals surface area contributed by atoms with Crippen molar-refractivity contribution in [2.24, 2.45) is 0 Å². The minimum atomic E-state index is -0.321. The Morgan fingerprint density at radius 3 is 2.85 bits per heavy atom. The lowest BCUT2D eigenvalue weighted by Gasteiger charge is -2.28. The molecule has 1 N–H and O–H groups in total. The van der Waals surface area contributed by atoms with Crippen LogP contribution in [0.3, 0.4) is 0 Å². The first-order valence-corrected chi connectivity index (χ1v) is 6.77. The van der Waals surface area contributed by atoms with Gasteiger partial charge in [0.2, 0.25) is 11.8 Å². The van der Waals surface area contributed by atoms with Gasteiger partial charge in [0.15, 0.2) is 0 Å². The summed E-state index contributed by atoms with van der Waals surface area (Å²) in [4.78, 5) is 24.5. The van der Waals surface area contributed by atoms with Crippen LogP contribution < -0.4 is 10.1 Å². The van der Waals surface area contributed by atoms with Crippen molar-refractivity contribution in [1.29, 1.82) is 0 Å². The zero-order valence-electron chi connectivity index (χ0n) is 11.5. The van der Waals surface area contributed by atoms with Gasteiger partial charge in [0, 0.05) is 20.0 Å². The molecule has 1 atom stereocenters. The van der Waals surface area contributed by atoms with Crippen molar-refractivity contribution in [3.05, 3.63) is 28.8 Å². The molecule has 1 heterocycles. The highest BCUT2D eigenvalue weighted by atomic mass is 35.5. The topological polar surface area (TPSA) is 58.6 Å². The van der Waals surface area contributed by atoms with Crippen LogP contribution in [0, 0.1) is 0 Å². The van der Waals surface area contributed by atoms with Gasteiger partial charge in [-0.2, -0.15) is 0 Å². The van der Waals surface area contributed by atoms with Crippen LogP contribution in [0.15, 0.2) is 18.2 Å². The number of nitrogens with one attached hydrogen (secondary N) is 1. The number of ether oxygens (including phenoxy) is 1. The van der Waals surface area contributed by atoms with E-state index in [-0.39, 0.29) is 17.9 Å². The number of nitrogens with zero attached hydrogens (tertiary/aromatic N) is 1. The van der Waals surface area contributed by atoms with Crippen LogP contribution >= 0.6 is 11.6 Å². The van der Waals surface area contributed by atoms with E-state index in [9.17, 15) is 9.59 Å². The number of likely N-dealkylation sites (tertiary alicyclic amines) is 1. The molecule has 0 radical (unpaired) electrons. The number of hydrogen-bond donors (Lipinski definition) is 1. The summed E-state index contributed by atoms with van der Waals surface area (Å²) in [5.41, 5.74) is 0.961. The number of carbonyl (C=O) groups excluding carboxylic acids is 2. The first kappa shape index (κ1) is 14.8. The number of carbonyl (C=O) groups is 2. The average Bonchev–Trinajstić information content (AvgIpc) is 2.44. The van der Waals surface area contributed by atoms with Gasteiger partial charge in [-0.1, -0.05) is 17.7 Å². The van der Waals surface area contributed by atoms with Crippen LogP contribution in [0.5, 0.6) is 5.75 Å². The van der Waals surface area contributed by atoms with Crippen LogP contribution in [-0.2, 0) is 16.1 Å². The second-order valence-corrected chi connectivity index (χ2v) is 5.14. The summed E-state index contributed by atoms with van der Waals surface area (Å²) in [6.45, 7) is 0.516. The van der Waals surface area contributed by atoms with Gasteiger partial charge in [-0.3, -0.25) is 14.5 Å². The molecule has 6 heteroatoms. The first-order valence-electron chi connectivity index (χ1n) is 6.39. The molecule has 1 unspecified atom stereocenters. The van der Waals surface area contributed by atoms with Crippen LogP contribution in [0.4, 0.5) is 0 Å². The molecule has 1 aromatic rings. The Balaban J connectivity index is 1.97. The number of piperidine rings is 1. The zero-order valence-corrected chi connectivity index (χ0v) is 12.2. The van der Waals surface area contributed by atoms with E-state index in [1.165, 1.54) is 11.9 Å². The van der Waals surface area contributed by atoms with Gasteiger partial charge < -0.3 is 10.1 Å². The van der Waals surface area contributed by atoms with Gasteiger partial charge in [0.05, 0.1) is 18.2 Å². The molecule has 0 aliphatic carbocycles. The molecular formula is C14H17ClN2O3. The van der Waals surface area contributed by atoms with Crippen molar-refractivity contribution in [3.8, 4) is 5.75 Å². The summed E-state index contributed by atoms with van der Waals surface area (Å²) in [5, 5.41) is 3.70. The maximum Gasteiger partial charge on any atom is 0.246 e. The third-order valence-electron chi connectivity index (χ3n) is 3.42. The Hall–Kier alpha value is -1.59. The minimum Gasteiger partial charge on any atom is -0.495 e. The van der Waals surface area contributed by atoms with Crippen LogP contribution in [0.1, 0.15) is 18.4 Å². The predicted molar refractivity (Wildman–Crippen MR) is 75.6 cm³/mol. The highest BCUT2D eigenvalue weighted by Gasteiger charge is 2.31. The largest absolute Gasteiger partial charge is 0.495 e. The molecule has 1 aliphatic heterocycles. The highest BCUT2D eigenvalue weighted by molar-refractivity contribution is 6.32. The Kier molecular flexibility index (Phi) is 4.62. The number of methoxy groups -OCH3 is 1. The van der Waals surface area contributed by atoms with Crippen molar-refractivity contribution in [3.63, 3.8) is 0 Å². The summed E-state index contributed by atoms with van der Waals surface area (Å²) in [7, 11) is 3.08. The molecule has 20 heavy (non-hydrogen) atoms. The number of imide groups is 1. The van der Waals surface area contributed by atoms with E-state index in [2.05, 4.69) is 5.32 Å². The second-order valence-electron chi connectivity index (χ2n) is 4.73. The zero-order chi connectivity index (χ0) is 14.7. The van der Waals surface area contributed by atoms with E-state index in [0.29, 0.717) is 30.2 Å². The molecule has 2 rings (SSSR count). The summed E-state index contributed by atoms with van der Waals surface area (Å²) in [6.07, 6.45) is 0.926. The van der Waals surface area contributed by atoms with Crippen LogP contribution in [-0.4, -0.2) is 36.9 Å². The molecule has 108 valence electrons. The normalized spacial score (nSPS) is 19.4. The molecular weight excluding hydrogens is 280 g/mol. The standard InChI is InChI=1S/C14H17ClN2O3/c1-17-13(18)6-4-11(14(17)19)16-8-9-3-5-12(20-2)10(15)7-9/h3,5,7,11,16H,4,6,8H2,1-2H3. The van der Waals surface area contributed by atoms with Gasteiger partial charge in [0.25, 0.3) is 0 Å².